The fourth-order valence-electron chi connectivity index (χ4n) is 1.85. The number of rotatable bonds is 4. The maximum Gasteiger partial charge on any atom is 0.254 e. The predicted octanol–water partition coefficient (Wildman–Crippen LogP) is 3.96. The average molecular weight is 304 g/mol. The van der Waals surface area contributed by atoms with Crippen molar-refractivity contribution in [3.63, 3.8) is 0 Å². The Morgan fingerprint density at radius 2 is 2.00 bits per heavy atom. The van der Waals surface area contributed by atoms with Gasteiger partial charge in [-0.15, -0.1) is 11.8 Å². The minimum Gasteiger partial charge on any atom is -0.352 e. The van der Waals surface area contributed by atoms with E-state index in [0.717, 1.165) is 5.56 Å². The number of aromatic nitrogens is 1. The first-order valence-electron chi connectivity index (χ1n) is 6.24. The second-order valence-electron chi connectivity index (χ2n) is 4.38. The molecule has 0 bridgehead atoms. The molecule has 0 spiro atoms. The van der Waals surface area contributed by atoms with Crippen molar-refractivity contribution in [1.29, 1.82) is 0 Å². The van der Waals surface area contributed by atoms with E-state index in [-0.39, 0.29) is 11.9 Å². The summed E-state index contributed by atoms with van der Waals surface area (Å²) in [5.74, 6) is -0.159. The molecular weight excluding hydrogens is 288 g/mol. The molecule has 0 fully saturated rings. The molecule has 20 heavy (non-hydrogen) atoms. The van der Waals surface area contributed by atoms with Crippen LogP contribution in [0.2, 0.25) is 0 Å². The van der Waals surface area contributed by atoms with Gasteiger partial charge in [0, 0.05) is 11.1 Å². The van der Waals surface area contributed by atoms with Crippen molar-refractivity contribution in [2.24, 2.45) is 0 Å². The molecule has 1 amide bonds. The summed E-state index contributed by atoms with van der Waals surface area (Å²) < 4.78 is 0.454. The Morgan fingerprint density at radius 3 is 2.60 bits per heavy atom. The topological polar surface area (TPSA) is 44.9 Å². The maximum absolute atomic E-state index is 12.2. The normalized spacial score (nSPS) is 11.9. The number of amides is 1. The van der Waals surface area contributed by atoms with Gasteiger partial charge in [0.15, 0.2) is 0 Å². The molecular formula is C15H16N2OS2. The Bertz CT molecular complexity index is 649. The number of benzene rings is 1. The van der Waals surface area contributed by atoms with Crippen LogP contribution in [0.25, 0.3) is 0 Å². The predicted molar refractivity (Wildman–Crippen MR) is 85.7 cm³/mol. The third-order valence-electron chi connectivity index (χ3n) is 3.03. The first-order valence-corrected chi connectivity index (χ1v) is 7.87. The monoisotopic (exact) mass is 304 g/mol. The summed E-state index contributed by atoms with van der Waals surface area (Å²) >= 11 is 6.81. The Balaban J connectivity index is 2.11. The van der Waals surface area contributed by atoms with E-state index in [0.29, 0.717) is 10.2 Å². The summed E-state index contributed by atoms with van der Waals surface area (Å²) in [4.78, 5) is 16.2. The molecule has 0 aliphatic carbocycles. The number of hydrogen-bond acceptors (Lipinski definition) is 3. The molecule has 1 heterocycles. The zero-order chi connectivity index (χ0) is 14.5. The summed E-state index contributed by atoms with van der Waals surface area (Å²) in [7, 11) is 0. The number of hydrogen-bond donors (Lipinski definition) is 2. The lowest BCUT2D eigenvalue weighted by Gasteiger charge is -2.14. The van der Waals surface area contributed by atoms with Crippen molar-refractivity contribution in [3.05, 3.63) is 58.4 Å². The van der Waals surface area contributed by atoms with Crippen molar-refractivity contribution in [1.82, 2.24) is 10.3 Å². The van der Waals surface area contributed by atoms with Crippen LogP contribution in [0.3, 0.4) is 0 Å². The second-order valence-corrected chi connectivity index (χ2v) is 5.67. The first kappa shape index (κ1) is 14.8. The van der Waals surface area contributed by atoms with Crippen LogP contribution in [-0.2, 0) is 0 Å². The van der Waals surface area contributed by atoms with Gasteiger partial charge in [-0.2, -0.15) is 0 Å². The van der Waals surface area contributed by atoms with E-state index in [1.807, 2.05) is 25.3 Å². The van der Waals surface area contributed by atoms with E-state index >= 15 is 0 Å². The van der Waals surface area contributed by atoms with Gasteiger partial charge in [0.2, 0.25) is 0 Å². The third kappa shape index (κ3) is 3.49. The van der Waals surface area contributed by atoms with Gasteiger partial charge < -0.3 is 10.3 Å². The summed E-state index contributed by atoms with van der Waals surface area (Å²) in [6, 6.07) is 11.6. The van der Waals surface area contributed by atoms with Gasteiger partial charge in [-0.3, -0.25) is 4.79 Å². The van der Waals surface area contributed by atoms with Crippen LogP contribution in [0, 0.1) is 4.64 Å². The third-order valence-corrected chi connectivity index (χ3v) is 4.11. The molecule has 0 saturated heterocycles. The molecule has 0 aliphatic rings. The van der Waals surface area contributed by atoms with Crippen molar-refractivity contribution in [2.45, 2.75) is 17.9 Å². The van der Waals surface area contributed by atoms with Gasteiger partial charge in [-0.25, -0.2) is 0 Å². The second kappa shape index (κ2) is 6.72. The highest BCUT2D eigenvalue weighted by Gasteiger charge is 2.12. The molecule has 104 valence electrons. The molecule has 2 N–H and O–H groups in total. The Labute approximate surface area is 127 Å². The zero-order valence-corrected chi connectivity index (χ0v) is 13.0. The zero-order valence-electron chi connectivity index (χ0n) is 11.3. The Morgan fingerprint density at radius 1 is 1.30 bits per heavy atom. The summed E-state index contributed by atoms with van der Waals surface area (Å²) in [6.07, 6.45) is 3.75. The number of carbonyl (C=O) groups is 1. The number of carbonyl (C=O) groups excluding carboxylic acids is 1. The molecule has 2 rings (SSSR count). The van der Waals surface area contributed by atoms with Crippen LogP contribution >= 0.6 is 24.0 Å². The quantitative estimate of drug-likeness (QED) is 0.664. The van der Waals surface area contributed by atoms with E-state index in [1.165, 1.54) is 4.90 Å². The van der Waals surface area contributed by atoms with E-state index < -0.39 is 0 Å². The van der Waals surface area contributed by atoms with Gasteiger partial charge >= 0.3 is 0 Å². The molecule has 0 saturated carbocycles. The molecule has 0 unspecified atom stereocenters. The van der Waals surface area contributed by atoms with Gasteiger partial charge in [0.25, 0.3) is 5.91 Å². The number of thioether (sulfide) groups is 1. The van der Waals surface area contributed by atoms with Gasteiger partial charge in [0.05, 0.1) is 11.6 Å². The Hall–Kier alpha value is -1.59. The fourth-order valence-corrected chi connectivity index (χ4v) is 2.49. The number of pyridine rings is 1. The first-order chi connectivity index (χ1) is 9.61. The van der Waals surface area contributed by atoms with Crippen molar-refractivity contribution in [2.75, 3.05) is 6.26 Å². The minimum atomic E-state index is -0.159. The number of H-pyrrole nitrogens is 1. The highest BCUT2D eigenvalue weighted by molar-refractivity contribution is 7.98. The van der Waals surface area contributed by atoms with E-state index in [1.54, 1.807) is 30.1 Å². The van der Waals surface area contributed by atoms with Gasteiger partial charge in [0.1, 0.15) is 4.64 Å². The van der Waals surface area contributed by atoms with E-state index in [4.69, 9.17) is 12.2 Å². The number of aromatic amines is 1. The van der Waals surface area contributed by atoms with Gasteiger partial charge in [-0.05, 0) is 43.0 Å². The maximum atomic E-state index is 12.2. The van der Waals surface area contributed by atoms with Crippen LogP contribution in [0.5, 0.6) is 0 Å². The van der Waals surface area contributed by atoms with Crippen LogP contribution in [0.4, 0.5) is 0 Å². The molecule has 1 aromatic heterocycles. The summed E-state index contributed by atoms with van der Waals surface area (Å²) in [6.45, 7) is 1.96. The van der Waals surface area contributed by atoms with E-state index in [9.17, 15) is 4.79 Å². The van der Waals surface area contributed by atoms with Crippen molar-refractivity contribution >= 4 is 29.9 Å². The average Bonchev–Trinajstić information content (AvgIpc) is 2.47. The highest BCUT2D eigenvalue weighted by atomic mass is 32.2. The van der Waals surface area contributed by atoms with Crippen molar-refractivity contribution in [3.8, 4) is 0 Å². The summed E-state index contributed by atoms with van der Waals surface area (Å²) in [5, 5.41) is 2.96. The standard InChI is InChI=1S/C15H16N2OS2/c1-10(11-5-7-12(20-2)8-6-11)17-14(18)13-4-3-9-16-15(13)19/h3-10H,1-2H3,(H,16,19)(H,17,18)/t10-/m0/s1. The van der Waals surface area contributed by atoms with Crippen LogP contribution in [-0.4, -0.2) is 17.1 Å². The van der Waals surface area contributed by atoms with Crippen LogP contribution in [0.15, 0.2) is 47.5 Å². The minimum absolute atomic E-state index is 0.0620. The molecule has 5 heteroatoms. The highest BCUT2D eigenvalue weighted by Crippen LogP contribution is 2.19. The van der Waals surface area contributed by atoms with Crippen LogP contribution in [0.1, 0.15) is 28.9 Å². The fraction of sp³-hybridized carbons (Fsp3) is 0.200. The number of nitrogens with one attached hydrogen (secondary N) is 2. The summed E-state index contributed by atoms with van der Waals surface area (Å²) in [5.41, 5.74) is 1.57. The lowest BCUT2D eigenvalue weighted by atomic mass is 10.1. The van der Waals surface area contributed by atoms with Crippen molar-refractivity contribution < 1.29 is 4.79 Å². The molecule has 0 radical (unpaired) electrons. The van der Waals surface area contributed by atoms with E-state index in [2.05, 4.69) is 22.4 Å². The largest absolute Gasteiger partial charge is 0.352 e. The Kier molecular flexibility index (Phi) is 4.98. The smallest absolute Gasteiger partial charge is 0.254 e. The van der Waals surface area contributed by atoms with Crippen LogP contribution < -0.4 is 5.32 Å². The van der Waals surface area contributed by atoms with Gasteiger partial charge in [-0.1, -0.05) is 24.4 Å². The molecule has 2 aromatic rings. The lowest BCUT2D eigenvalue weighted by molar-refractivity contribution is 0.0939. The molecule has 1 atom stereocenters. The molecule has 1 aromatic carbocycles. The SMILES string of the molecule is CSc1ccc([C@H](C)NC(=O)c2ccc[nH]c2=S)cc1. The lowest BCUT2D eigenvalue weighted by Crippen LogP contribution is -2.27. The molecule has 0 aliphatic heterocycles. The molecule has 3 nitrogen and oxygen atoms in total.